The summed E-state index contributed by atoms with van der Waals surface area (Å²) in [5.41, 5.74) is 0.444. The fourth-order valence-corrected chi connectivity index (χ4v) is 0.863. The molecule has 0 spiro atoms. The zero-order chi connectivity index (χ0) is 8.97. The summed E-state index contributed by atoms with van der Waals surface area (Å²) < 4.78 is 0. The maximum atomic E-state index is 11.1. The van der Waals surface area contributed by atoms with Crippen molar-refractivity contribution >= 4 is 41.3 Å². The molecule has 1 rings (SSSR count). The van der Waals surface area contributed by atoms with Crippen LogP contribution in [0, 0.1) is 0 Å². The summed E-state index contributed by atoms with van der Waals surface area (Å²) in [6.45, 7) is 0. The quantitative estimate of drug-likeness (QED) is 0.431. The SMILES string of the molecule is O=C(O)CC(=O)c1ccccc1.[NaH]. The third kappa shape index (κ3) is 4.22. The van der Waals surface area contributed by atoms with Crippen molar-refractivity contribution in [3.05, 3.63) is 35.9 Å². The summed E-state index contributed by atoms with van der Waals surface area (Å²) >= 11 is 0. The molecule has 0 radical (unpaired) electrons. The van der Waals surface area contributed by atoms with Crippen molar-refractivity contribution in [1.29, 1.82) is 0 Å². The number of benzene rings is 1. The normalized spacial score (nSPS) is 8.62. The first kappa shape index (κ1) is 12.4. The Balaban J connectivity index is 0.00000144. The predicted octanol–water partition coefficient (Wildman–Crippen LogP) is 0.696. The molecule has 0 unspecified atom stereocenters. The van der Waals surface area contributed by atoms with Crippen LogP contribution in [0.25, 0.3) is 0 Å². The Kier molecular flexibility index (Phi) is 5.62. The van der Waals surface area contributed by atoms with Crippen molar-refractivity contribution in [3.63, 3.8) is 0 Å². The standard InChI is InChI=1S/C9H8O3.Na.H/c10-8(6-9(11)12)7-4-2-1-3-5-7;;/h1-5H,6H2,(H,11,12);;. The Hall–Kier alpha value is -0.640. The topological polar surface area (TPSA) is 54.4 Å². The van der Waals surface area contributed by atoms with Crippen molar-refractivity contribution in [3.8, 4) is 0 Å². The van der Waals surface area contributed by atoms with E-state index >= 15 is 0 Å². The van der Waals surface area contributed by atoms with Crippen LogP contribution in [0.3, 0.4) is 0 Å². The molecule has 0 aliphatic carbocycles. The van der Waals surface area contributed by atoms with Crippen LogP contribution >= 0.6 is 0 Å². The van der Waals surface area contributed by atoms with Gasteiger partial charge in [0, 0.05) is 5.56 Å². The van der Waals surface area contributed by atoms with E-state index in [0.717, 1.165) is 0 Å². The monoisotopic (exact) mass is 188 g/mol. The molecule has 13 heavy (non-hydrogen) atoms. The van der Waals surface area contributed by atoms with Crippen LogP contribution in [0.4, 0.5) is 0 Å². The second-order valence-electron chi connectivity index (χ2n) is 2.36. The van der Waals surface area contributed by atoms with Gasteiger partial charge in [-0.2, -0.15) is 0 Å². The van der Waals surface area contributed by atoms with Crippen molar-refractivity contribution in [2.45, 2.75) is 6.42 Å². The maximum absolute atomic E-state index is 11.1. The third-order valence-electron chi connectivity index (χ3n) is 1.41. The van der Waals surface area contributed by atoms with Gasteiger partial charge in [0.05, 0.1) is 0 Å². The summed E-state index contributed by atoms with van der Waals surface area (Å²) in [5, 5.41) is 8.32. The number of aliphatic carboxylic acids is 1. The van der Waals surface area contributed by atoms with Crippen LogP contribution in [0.5, 0.6) is 0 Å². The van der Waals surface area contributed by atoms with Crippen LogP contribution in [0.15, 0.2) is 30.3 Å². The summed E-state index contributed by atoms with van der Waals surface area (Å²) in [6.07, 6.45) is -0.440. The van der Waals surface area contributed by atoms with E-state index in [2.05, 4.69) is 0 Å². The molecule has 0 amide bonds. The molecule has 0 fully saturated rings. The fourth-order valence-electron chi connectivity index (χ4n) is 0.863. The van der Waals surface area contributed by atoms with Crippen LogP contribution in [-0.2, 0) is 4.79 Å². The van der Waals surface area contributed by atoms with Gasteiger partial charge in [-0.25, -0.2) is 0 Å². The Morgan fingerprint density at radius 3 is 2.15 bits per heavy atom. The first-order chi connectivity index (χ1) is 5.70. The van der Waals surface area contributed by atoms with Gasteiger partial charge in [0.1, 0.15) is 6.42 Å². The Morgan fingerprint density at radius 1 is 1.15 bits per heavy atom. The number of rotatable bonds is 3. The predicted molar refractivity (Wildman–Crippen MR) is 50.2 cm³/mol. The first-order valence-corrected chi connectivity index (χ1v) is 3.50. The molecule has 0 saturated carbocycles. The first-order valence-electron chi connectivity index (χ1n) is 3.50. The van der Waals surface area contributed by atoms with E-state index in [1.165, 1.54) is 0 Å². The second-order valence-corrected chi connectivity index (χ2v) is 2.36. The number of carbonyl (C=O) groups is 2. The second kappa shape index (κ2) is 5.91. The molecule has 1 N–H and O–H groups in total. The summed E-state index contributed by atoms with van der Waals surface area (Å²) in [7, 11) is 0. The van der Waals surface area contributed by atoms with E-state index in [1.54, 1.807) is 30.3 Å². The number of Topliss-reactive ketones (excluding diaryl/α,β-unsaturated/α-hetero) is 1. The van der Waals surface area contributed by atoms with Gasteiger partial charge >= 0.3 is 35.5 Å². The van der Waals surface area contributed by atoms with Crippen molar-refractivity contribution < 1.29 is 14.7 Å². The molecule has 64 valence electrons. The zero-order valence-corrected chi connectivity index (χ0v) is 6.36. The number of ketones is 1. The van der Waals surface area contributed by atoms with E-state index in [4.69, 9.17) is 5.11 Å². The summed E-state index contributed by atoms with van der Waals surface area (Å²) in [6, 6.07) is 8.39. The average molecular weight is 188 g/mol. The number of hydrogen-bond acceptors (Lipinski definition) is 2. The van der Waals surface area contributed by atoms with Gasteiger partial charge in [-0.3, -0.25) is 9.59 Å². The van der Waals surface area contributed by atoms with Gasteiger partial charge in [-0.15, -0.1) is 0 Å². The van der Waals surface area contributed by atoms with Crippen LogP contribution in [-0.4, -0.2) is 46.4 Å². The van der Waals surface area contributed by atoms with Gasteiger partial charge in [0.25, 0.3) is 0 Å². The molecule has 0 aliphatic rings. The van der Waals surface area contributed by atoms with Gasteiger partial charge in [0.2, 0.25) is 0 Å². The average Bonchev–Trinajstić information content (AvgIpc) is 2.05. The van der Waals surface area contributed by atoms with Gasteiger partial charge in [-0.1, -0.05) is 30.3 Å². The number of carboxylic acids is 1. The van der Waals surface area contributed by atoms with Gasteiger partial charge < -0.3 is 5.11 Å². The molecule has 0 aliphatic heterocycles. The Labute approximate surface area is 98.1 Å². The molecule has 1 aromatic rings. The summed E-state index contributed by atoms with van der Waals surface area (Å²) in [4.78, 5) is 21.2. The van der Waals surface area contributed by atoms with E-state index in [-0.39, 0.29) is 35.3 Å². The zero-order valence-electron chi connectivity index (χ0n) is 6.36. The van der Waals surface area contributed by atoms with Crippen molar-refractivity contribution in [2.75, 3.05) is 0 Å². The van der Waals surface area contributed by atoms with E-state index < -0.39 is 12.4 Å². The van der Waals surface area contributed by atoms with E-state index in [9.17, 15) is 9.59 Å². The van der Waals surface area contributed by atoms with Gasteiger partial charge in [-0.05, 0) is 0 Å². The minimum absolute atomic E-state index is 0. The molecular weight excluding hydrogens is 179 g/mol. The molecule has 0 heterocycles. The van der Waals surface area contributed by atoms with E-state index in [1.807, 2.05) is 0 Å². The molecule has 4 heteroatoms. The molecule has 0 bridgehead atoms. The van der Waals surface area contributed by atoms with Crippen LogP contribution in [0.1, 0.15) is 16.8 Å². The molecular formula is C9H9NaO3. The molecule has 0 saturated heterocycles. The molecule has 0 atom stereocenters. The van der Waals surface area contributed by atoms with Gasteiger partial charge in [0.15, 0.2) is 5.78 Å². The van der Waals surface area contributed by atoms with Crippen molar-refractivity contribution in [1.82, 2.24) is 0 Å². The minimum atomic E-state index is -1.09. The third-order valence-corrected chi connectivity index (χ3v) is 1.41. The Morgan fingerprint density at radius 2 is 1.69 bits per heavy atom. The number of hydrogen-bond donors (Lipinski definition) is 1. The van der Waals surface area contributed by atoms with Crippen LogP contribution < -0.4 is 0 Å². The van der Waals surface area contributed by atoms with Crippen molar-refractivity contribution in [2.24, 2.45) is 0 Å². The summed E-state index contributed by atoms with van der Waals surface area (Å²) in [5.74, 6) is -1.45. The number of carboxylic acid groups (broad SMARTS) is 1. The van der Waals surface area contributed by atoms with Crippen LogP contribution in [0.2, 0.25) is 0 Å². The fraction of sp³-hybridized carbons (Fsp3) is 0.111. The Bertz CT molecular complexity index is 295. The molecule has 3 nitrogen and oxygen atoms in total. The molecule has 0 aromatic heterocycles. The van der Waals surface area contributed by atoms with E-state index in [0.29, 0.717) is 5.56 Å². The number of carbonyl (C=O) groups excluding carboxylic acids is 1. The molecule has 1 aromatic carbocycles.